The van der Waals surface area contributed by atoms with E-state index in [0.29, 0.717) is 6.73 Å². The van der Waals surface area contributed by atoms with Crippen LogP contribution in [0.5, 0.6) is 0 Å². The third kappa shape index (κ3) is 2.30. The zero-order valence-corrected chi connectivity index (χ0v) is 5.51. The van der Waals surface area contributed by atoms with Gasteiger partial charge in [-0.1, -0.05) is 0 Å². The van der Waals surface area contributed by atoms with Crippen LogP contribution in [-0.2, 0) is 9.84 Å². The van der Waals surface area contributed by atoms with Crippen molar-refractivity contribution in [3.8, 4) is 0 Å². The minimum atomic E-state index is -0.406. The summed E-state index contributed by atoms with van der Waals surface area (Å²) in [5, 5.41) is 9.84. The van der Waals surface area contributed by atoms with Gasteiger partial charge in [0.2, 0.25) is 0 Å². The molecule has 1 heterocycles. The molecule has 1 aliphatic heterocycles. The van der Waals surface area contributed by atoms with Crippen molar-refractivity contribution in [1.82, 2.24) is 4.90 Å². The lowest BCUT2D eigenvalue weighted by atomic mass is 10.4. The van der Waals surface area contributed by atoms with Crippen molar-refractivity contribution >= 4 is 0 Å². The summed E-state index contributed by atoms with van der Waals surface area (Å²) in [5.74, 6) is 0. The molecule has 1 radical (unpaired) electrons. The van der Waals surface area contributed by atoms with Gasteiger partial charge in [0.05, 0.1) is 0 Å². The molecule has 53 valence electrons. The van der Waals surface area contributed by atoms with Crippen LogP contribution in [0.1, 0.15) is 12.8 Å². The number of likely N-dealkylation sites (tertiary alicyclic amines) is 1. The summed E-state index contributed by atoms with van der Waals surface area (Å²) in [5.41, 5.74) is 0. The average molecular weight is 130 g/mol. The van der Waals surface area contributed by atoms with E-state index in [1.54, 1.807) is 0 Å². The van der Waals surface area contributed by atoms with Gasteiger partial charge in [-0.05, 0) is 12.8 Å². The zero-order valence-electron chi connectivity index (χ0n) is 5.51. The molecule has 0 spiro atoms. The molecule has 1 aliphatic rings. The van der Waals surface area contributed by atoms with Crippen LogP contribution in [0.25, 0.3) is 0 Å². The lowest BCUT2D eigenvalue weighted by Crippen LogP contribution is -2.22. The molecule has 1 saturated heterocycles. The zero-order chi connectivity index (χ0) is 6.53. The number of rotatable bonds is 3. The average Bonchev–Trinajstić information content (AvgIpc) is 2.34. The Kier molecular flexibility index (Phi) is 2.97. The maximum atomic E-state index is 9.84. The second-order valence-corrected chi connectivity index (χ2v) is 2.28. The van der Waals surface area contributed by atoms with Gasteiger partial charge in [0.1, 0.15) is 6.73 Å². The van der Waals surface area contributed by atoms with Crippen LogP contribution in [0.3, 0.4) is 0 Å². The van der Waals surface area contributed by atoms with E-state index in [0.717, 1.165) is 13.1 Å². The Labute approximate surface area is 55.2 Å². The molecular formula is C6H12NO2. The van der Waals surface area contributed by atoms with E-state index in [1.165, 1.54) is 12.8 Å². The van der Waals surface area contributed by atoms with E-state index < -0.39 is 6.79 Å². The molecule has 0 aromatic rings. The van der Waals surface area contributed by atoms with Crippen molar-refractivity contribution in [3.63, 3.8) is 0 Å². The van der Waals surface area contributed by atoms with E-state index in [2.05, 4.69) is 9.64 Å². The smallest absolute Gasteiger partial charge is 0.182 e. The topological polar surface area (TPSA) is 32.4 Å². The number of hydrogen-bond acceptors (Lipinski definition) is 2. The van der Waals surface area contributed by atoms with Crippen LogP contribution >= 0.6 is 0 Å². The van der Waals surface area contributed by atoms with Gasteiger partial charge in [0.25, 0.3) is 0 Å². The van der Waals surface area contributed by atoms with Gasteiger partial charge < -0.3 is 4.74 Å². The molecule has 3 nitrogen and oxygen atoms in total. The fourth-order valence-corrected chi connectivity index (χ4v) is 1.08. The first kappa shape index (κ1) is 6.99. The van der Waals surface area contributed by atoms with Crippen LogP contribution in [0.15, 0.2) is 0 Å². The molecule has 0 saturated carbocycles. The highest BCUT2D eigenvalue weighted by Gasteiger charge is 2.09. The third-order valence-corrected chi connectivity index (χ3v) is 1.56. The summed E-state index contributed by atoms with van der Waals surface area (Å²) in [4.78, 5) is 2.15. The van der Waals surface area contributed by atoms with Gasteiger partial charge in [-0.15, -0.1) is 0 Å². The largest absolute Gasteiger partial charge is 0.337 e. The minimum Gasteiger partial charge on any atom is -0.337 e. The summed E-state index contributed by atoms with van der Waals surface area (Å²) in [6, 6.07) is 0. The van der Waals surface area contributed by atoms with Crippen molar-refractivity contribution in [2.24, 2.45) is 0 Å². The molecule has 0 atom stereocenters. The standard InChI is InChI=1S/C6H12NO2/c8-6-9-5-7-3-1-2-4-7/h1-6H2. The molecule has 3 heteroatoms. The minimum absolute atomic E-state index is 0.406. The third-order valence-electron chi connectivity index (χ3n) is 1.56. The second-order valence-electron chi connectivity index (χ2n) is 2.28. The molecule has 0 N–H and O–H groups in total. The first-order chi connectivity index (χ1) is 4.43. The van der Waals surface area contributed by atoms with E-state index in [4.69, 9.17) is 0 Å². The second kappa shape index (κ2) is 3.82. The number of nitrogens with zero attached hydrogens (tertiary/aromatic N) is 1. The molecule has 0 aromatic carbocycles. The predicted molar refractivity (Wildman–Crippen MR) is 32.3 cm³/mol. The highest BCUT2D eigenvalue weighted by atomic mass is 16.6. The van der Waals surface area contributed by atoms with Crippen molar-refractivity contribution in [2.75, 3.05) is 26.6 Å². The molecule has 1 rings (SSSR count). The molecule has 0 aromatic heterocycles. The van der Waals surface area contributed by atoms with Gasteiger partial charge in [0.15, 0.2) is 6.79 Å². The fourth-order valence-electron chi connectivity index (χ4n) is 1.08. The molecule has 1 fully saturated rings. The normalized spacial score (nSPS) is 21.0. The Hall–Kier alpha value is -0.120. The van der Waals surface area contributed by atoms with Crippen molar-refractivity contribution in [1.29, 1.82) is 0 Å². The monoisotopic (exact) mass is 130 g/mol. The van der Waals surface area contributed by atoms with Crippen molar-refractivity contribution in [2.45, 2.75) is 12.8 Å². The van der Waals surface area contributed by atoms with Gasteiger partial charge in [-0.25, -0.2) is 5.11 Å². The molecule has 0 unspecified atom stereocenters. The molecule has 0 aliphatic carbocycles. The quantitative estimate of drug-likeness (QED) is 0.519. The van der Waals surface area contributed by atoms with Crippen LogP contribution in [0.2, 0.25) is 0 Å². The molecule has 0 bridgehead atoms. The van der Waals surface area contributed by atoms with Gasteiger partial charge in [-0.2, -0.15) is 0 Å². The SMILES string of the molecule is [O]COCN1CCCC1. The predicted octanol–water partition coefficient (Wildman–Crippen LogP) is 0.444. The summed E-state index contributed by atoms with van der Waals surface area (Å²) >= 11 is 0. The maximum Gasteiger partial charge on any atom is 0.182 e. The fraction of sp³-hybridized carbons (Fsp3) is 1.00. The Morgan fingerprint density at radius 2 is 2.00 bits per heavy atom. The van der Waals surface area contributed by atoms with Gasteiger partial charge in [-0.3, -0.25) is 4.90 Å². The van der Waals surface area contributed by atoms with Crippen LogP contribution in [0.4, 0.5) is 0 Å². The Morgan fingerprint density at radius 3 is 2.56 bits per heavy atom. The number of hydrogen-bond donors (Lipinski definition) is 0. The van der Waals surface area contributed by atoms with Crippen LogP contribution in [0, 0.1) is 0 Å². The summed E-state index contributed by atoms with van der Waals surface area (Å²) in [7, 11) is 0. The lowest BCUT2D eigenvalue weighted by molar-refractivity contribution is -0.0797. The molecule has 0 amide bonds. The van der Waals surface area contributed by atoms with Crippen LogP contribution < -0.4 is 0 Å². The van der Waals surface area contributed by atoms with E-state index >= 15 is 0 Å². The van der Waals surface area contributed by atoms with Gasteiger partial charge in [0, 0.05) is 13.1 Å². The molecular weight excluding hydrogens is 118 g/mol. The highest BCUT2D eigenvalue weighted by molar-refractivity contribution is 4.61. The highest BCUT2D eigenvalue weighted by Crippen LogP contribution is 2.05. The van der Waals surface area contributed by atoms with Crippen molar-refractivity contribution in [3.05, 3.63) is 0 Å². The Bertz CT molecular complexity index is 71.5. The van der Waals surface area contributed by atoms with E-state index in [1.807, 2.05) is 0 Å². The van der Waals surface area contributed by atoms with Gasteiger partial charge >= 0.3 is 0 Å². The first-order valence-electron chi connectivity index (χ1n) is 3.31. The number of ether oxygens (including phenoxy) is 1. The maximum absolute atomic E-state index is 9.84. The Morgan fingerprint density at radius 1 is 1.33 bits per heavy atom. The first-order valence-corrected chi connectivity index (χ1v) is 3.31. The molecule has 9 heavy (non-hydrogen) atoms. The Balaban J connectivity index is 1.98. The lowest BCUT2D eigenvalue weighted by Gasteiger charge is -2.11. The van der Waals surface area contributed by atoms with Crippen LogP contribution in [-0.4, -0.2) is 31.5 Å². The summed E-state index contributed by atoms with van der Waals surface area (Å²) in [6.07, 6.45) is 2.50. The van der Waals surface area contributed by atoms with E-state index in [9.17, 15) is 5.11 Å². The van der Waals surface area contributed by atoms with Crippen molar-refractivity contribution < 1.29 is 9.84 Å². The summed E-state index contributed by atoms with van der Waals surface area (Å²) in [6.45, 7) is 2.32. The van der Waals surface area contributed by atoms with E-state index in [-0.39, 0.29) is 0 Å². The summed E-state index contributed by atoms with van der Waals surface area (Å²) < 4.78 is 4.69.